The van der Waals surface area contributed by atoms with Gasteiger partial charge in [-0.25, -0.2) is 0 Å². The van der Waals surface area contributed by atoms with Crippen LogP contribution in [0.25, 0.3) is 10.8 Å². The zero-order chi connectivity index (χ0) is 15.7. The van der Waals surface area contributed by atoms with E-state index >= 15 is 0 Å². The maximum absolute atomic E-state index is 12.2. The van der Waals surface area contributed by atoms with Gasteiger partial charge in [0.1, 0.15) is 5.82 Å². The number of aromatic nitrogens is 1. The van der Waals surface area contributed by atoms with Gasteiger partial charge in [0.05, 0.1) is 4.90 Å². The van der Waals surface area contributed by atoms with Gasteiger partial charge < -0.3 is 10.7 Å². The molecular weight excluding hydrogens is 300 g/mol. The quantitative estimate of drug-likeness (QED) is 0.723. The number of nitrogens with two attached hydrogens (primary N) is 1. The van der Waals surface area contributed by atoms with E-state index in [1.165, 1.54) is 12.1 Å². The SMILES string of the molecule is Cc1ccc(S(=O)(=O)N=Nc2[nH]c(N)c3ccccc23)cc1. The number of aryl methyl sites for hydroxylation is 1. The Kier molecular flexibility index (Phi) is 3.42. The van der Waals surface area contributed by atoms with E-state index in [1.807, 2.05) is 25.1 Å². The monoisotopic (exact) mass is 314 g/mol. The van der Waals surface area contributed by atoms with Crippen molar-refractivity contribution in [3.8, 4) is 0 Å². The largest absolute Gasteiger partial charge is 0.385 e. The first kappa shape index (κ1) is 14.3. The number of sulfonamides is 1. The third-order valence-corrected chi connectivity index (χ3v) is 4.46. The summed E-state index contributed by atoms with van der Waals surface area (Å²) in [7, 11) is -3.84. The van der Waals surface area contributed by atoms with Crippen LogP contribution in [-0.2, 0) is 10.0 Å². The third kappa shape index (κ3) is 2.58. The summed E-state index contributed by atoms with van der Waals surface area (Å²) in [6.07, 6.45) is 0. The summed E-state index contributed by atoms with van der Waals surface area (Å²) in [4.78, 5) is 2.94. The summed E-state index contributed by atoms with van der Waals surface area (Å²) in [5.41, 5.74) is 6.81. The summed E-state index contributed by atoms with van der Waals surface area (Å²) in [6, 6.07) is 13.7. The fourth-order valence-corrected chi connectivity index (χ4v) is 2.88. The highest BCUT2D eigenvalue weighted by molar-refractivity contribution is 7.90. The first-order valence-electron chi connectivity index (χ1n) is 6.58. The Labute approximate surface area is 127 Å². The van der Waals surface area contributed by atoms with Gasteiger partial charge in [-0.05, 0) is 19.1 Å². The first-order valence-corrected chi connectivity index (χ1v) is 8.02. The number of nitrogens with one attached hydrogen (secondary N) is 1. The predicted molar refractivity (Wildman–Crippen MR) is 85.6 cm³/mol. The molecule has 0 radical (unpaired) electrons. The Hall–Kier alpha value is -2.67. The average Bonchev–Trinajstić information content (AvgIpc) is 2.83. The molecule has 22 heavy (non-hydrogen) atoms. The second kappa shape index (κ2) is 5.27. The fourth-order valence-electron chi connectivity index (χ4n) is 2.12. The number of fused-ring (bicyclic) bond motifs is 1. The summed E-state index contributed by atoms with van der Waals surface area (Å²) in [5.74, 6) is 0.751. The van der Waals surface area contributed by atoms with Gasteiger partial charge in [-0.15, -0.1) is 5.11 Å². The lowest BCUT2D eigenvalue weighted by molar-refractivity contribution is 0.595. The number of rotatable bonds is 3. The van der Waals surface area contributed by atoms with Crippen molar-refractivity contribution in [1.29, 1.82) is 0 Å². The molecular formula is C15H14N4O2S. The van der Waals surface area contributed by atoms with Crippen LogP contribution < -0.4 is 5.73 Å². The summed E-state index contributed by atoms with van der Waals surface area (Å²) in [6.45, 7) is 1.88. The van der Waals surface area contributed by atoms with Crippen molar-refractivity contribution in [3.05, 3.63) is 54.1 Å². The number of hydrogen-bond acceptors (Lipinski definition) is 4. The highest BCUT2D eigenvalue weighted by Crippen LogP contribution is 2.30. The highest BCUT2D eigenvalue weighted by Gasteiger charge is 2.13. The van der Waals surface area contributed by atoms with Crippen LogP contribution in [0.5, 0.6) is 0 Å². The van der Waals surface area contributed by atoms with E-state index < -0.39 is 10.0 Å². The molecule has 0 bridgehead atoms. The molecule has 112 valence electrons. The minimum atomic E-state index is -3.84. The van der Waals surface area contributed by atoms with E-state index in [0.717, 1.165) is 16.3 Å². The van der Waals surface area contributed by atoms with Crippen molar-refractivity contribution in [3.63, 3.8) is 0 Å². The molecule has 1 aromatic heterocycles. The van der Waals surface area contributed by atoms with E-state index in [9.17, 15) is 8.42 Å². The number of hydrogen-bond donors (Lipinski definition) is 2. The average molecular weight is 314 g/mol. The summed E-state index contributed by atoms with van der Waals surface area (Å²) in [5, 5.41) is 5.33. The zero-order valence-electron chi connectivity index (χ0n) is 11.8. The maximum atomic E-state index is 12.2. The molecule has 0 saturated heterocycles. The van der Waals surface area contributed by atoms with Crippen molar-refractivity contribution in [2.75, 3.05) is 5.73 Å². The van der Waals surface area contributed by atoms with E-state index in [1.54, 1.807) is 18.2 Å². The minimum absolute atomic E-state index is 0.102. The molecule has 0 saturated carbocycles. The second-order valence-electron chi connectivity index (χ2n) is 4.90. The van der Waals surface area contributed by atoms with Crippen LogP contribution in [0.1, 0.15) is 5.56 Å². The van der Waals surface area contributed by atoms with Gasteiger partial charge in [-0.1, -0.05) is 46.5 Å². The van der Waals surface area contributed by atoms with Gasteiger partial charge in [-0.2, -0.15) is 8.42 Å². The minimum Gasteiger partial charge on any atom is -0.385 e. The van der Waals surface area contributed by atoms with Gasteiger partial charge in [0.15, 0.2) is 5.82 Å². The Balaban J connectivity index is 2.00. The van der Waals surface area contributed by atoms with Gasteiger partial charge in [0.2, 0.25) is 0 Å². The molecule has 0 amide bonds. The number of nitrogens with zero attached hydrogens (tertiary/aromatic N) is 2. The van der Waals surface area contributed by atoms with E-state index in [2.05, 4.69) is 14.6 Å². The zero-order valence-corrected chi connectivity index (χ0v) is 12.6. The number of nitrogen functional groups attached to an aromatic ring is 1. The molecule has 0 aliphatic rings. The van der Waals surface area contributed by atoms with Gasteiger partial charge >= 0.3 is 0 Å². The molecule has 0 fully saturated rings. The lowest BCUT2D eigenvalue weighted by Crippen LogP contribution is -1.95. The van der Waals surface area contributed by atoms with Crippen molar-refractivity contribution in [2.24, 2.45) is 9.63 Å². The maximum Gasteiger partial charge on any atom is 0.299 e. The standard InChI is InChI=1S/C15H14N4O2S/c1-10-6-8-11(9-7-10)22(20,21)19-18-15-13-5-3-2-4-12(13)14(16)17-15/h2-9,17H,16H2,1H3. The molecule has 1 heterocycles. The van der Waals surface area contributed by atoms with Crippen molar-refractivity contribution in [2.45, 2.75) is 11.8 Å². The Bertz CT molecular complexity index is 957. The summed E-state index contributed by atoms with van der Waals surface area (Å²) < 4.78 is 27.8. The Morgan fingerprint density at radius 2 is 1.64 bits per heavy atom. The van der Waals surface area contributed by atoms with Gasteiger partial charge in [0.25, 0.3) is 10.0 Å². The van der Waals surface area contributed by atoms with Crippen molar-refractivity contribution in [1.82, 2.24) is 4.98 Å². The molecule has 0 aliphatic carbocycles. The molecule has 6 nitrogen and oxygen atoms in total. The lowest BCUT2D eigenvalue weighted by Gasteiger charge is -1.98. The number of benzene rings is 2. The third-order valence-electron chi connectivity index (χ3n) is 3.29. The second-order valence-corrected chi connectivity index (χ2v) is 6.49. The summed E-state index contributed by atoms with van der Waals surface area (Å²) >= 11 is 0. The molecule has 0 aliphatic heterocycles. The van der Waals surface area contributed by atoms with Crippen LogP contribution in [0.15, 0.2) is 63.1 Å². The first-order chi connectivity index (χ1) is 10.5. The smallest absolute Gasteiger partial charge is 0.299 e. The van der Waals surface area contributed by atoms with Crippen LogP contribution in [0.2, 0.25) is 0 Å². The Morgan fingerprint density at radius 3 is 2.32 bits per heavy atom. The number of H-pyrrole nitrogens is 1. The van der Waals surface area contributed by atoms with E-state index in [-0.39, 0.29) is 4.90 Å². The van der Waals surface area contributed by atoms with Crippen LogP contribution in [0.4, 0.5) is 11.6 Å². The van der Waals surface area contributed by atoms with Gasteiger partial charge in [0, 0.05) is 10.8 Å². The highest BCUT2D eigenvalue weighted by atomic mass is 32.2. The molecule has 3 N–H and O–H groups in total. The van der Waals surface area contributed by atoms with Gasteiger partial charge in [-0.3, -0.25) is 0 Å². The molecule has 2 aromatic carbocycles. The fraction of sp³-hybridized carbons (Fsp3) is 0.0667. The molecule has 3 aromatic rings. The van der Waals surface area contributed by atoms with Crippen molar-refractivity contribution >= 4 is 32.4 Å². The normalized spacial score (nSPS) is 12.2. The Morgan fingerprint density at radius 1 is 1.00 bits per heavy atom. The van der Waals surface area contributed by atoms with E-state index in [4.69, 9.17) is 5.73 Å². The molecule has 7 heteroatoms. The molecule has 0 spiro atoms. The van der Waals surface area contributed by atoms with Crippen LogP contribution in [0.3, 0.4) is 0 Å². The van der Waals surface area contributed by atoms with Crippen molar-refractivity contribution < 1.29 is 8.42 Å². The molecule has 3 rings (SSSR count). The number of aromatic amines is 1. The predicted octanol–water partition coefficient (Wildman–Crippen LogP) is 3.53. The van der Waals surface area contributed by atoms with E-state index in [0.29, 0.717) is 11.6 Å². The molecule has 0 unspecified atom stereocenters. The van der Waals surface area contributed by atoms with Crippen LogP contribution in [-0.4, -0.2) is 13.4 Å². The van der Waals surface area contributed by atoms with Crippen LogP contribution in [0, 0.1) is 6.92 Å². The number of anilines is 1. The molecule has 0 atom stereocenters. The lowest BCUT2D eigenvalue weighted by atomic mass is 10.2. The van der Waals surface area contributed by atoms with Crippen LogP contribution >= 0.6 is 0 Å². The topological polar surface area (TPSA) is 101 Å².